The highest BCUT2D eigenvalue weighted by Crippen LogP contribution is 1.95. The first-order chi connectivity index (χ1) is 6.02. The van der Waals surface area contributed by atoms with Crippen molar-refractivity contribution in [3.05, 3.63) is 0 Å². The van der Waals surface area contributed by atoms with Gasteiger partial charge in [0.1, 0.15) is 0 Å². The van der Waals surface area contributed by atoms with E-state index in [0.717, 1.165) is 6.42 Å². The van der Waals surface area contributed by atoms with Crippen molar-refractivity contribution in [3.8, 4) is 6.07 Å². The molecule has 0 spiro atoms. The van der Waals surface area contributed by atoms with Crippen LogP contribution in [0.1, 0.15) is 26.7 Å². The van der Waals surface area contributed by atoms with E-state index in [1.165, 1.54) is 0 Å². The van der Waals surface area contributed by atoms with Crippen molar-refractivity contribution in [1.82, 2.24) is 4.72 Å². The van der Waals surface area contributed by atoms with Gasteiger partial charge in [-0.1, -0.05) is 13.3 Å². The maximum Gasteiger partial charge on any atom is 0.211 e. The van der Waals surface area contributed by atoms with Gasteiger partial charge >= 0.3 is 0 Å². The molecule has 13 heavy (non-hydrogen) atoms. The van der Waals surface area contributed by atoms with E-state index in [2.05, 4.69) is 4.72 Å². The van der Waals surface area contributed by atoms with Gasteiger partial charge in [-0.2, -0.15) is 5.26 Å². The molecule has 0 saturated carbocycles. The third-order valence-electron chi connectivity index (χ3n) is 1.60. The zero-order valence-electron chi connectivity index (χ0n) is 8.08. The predicted molar refractivity (Wildman–Crippen MR) is 51.5 cm³/mol. The van der Waals surface area contributed by atoms with Crippen LogP contribution in [-0.2, 0) is 10.0 Å². The first-order valence-electron chi connectivity index (χ1n) is 4.38. The van der Waals surface area contributed by atoms with Crippen LogP contribution in [-0.4, -0.2) is 20.7 Å². The summed E-state index contributed by atoms with van der Waals surface area (Å²) in [4.78, 5) is 0. The van der Waals surface area contributed by atoms with E-state index in [1.54, 1.807) is 6.92 Å². The number of rotatable bonds is 6. The quantitative estimate of drug-likeness (QED) is 0.697. The minimum Gasteiger partial charge on any atom is -0.214 e. The highest BCUT2D eigenvalue weighted by molar-refractivity contribution is 7.89. The number of nitriles is 1. The third-order valence-corrected chi connectivity index (χ3v) is 3.03. The Hall–Kier alpha value is -0.600. The summed E-state index contributed by atoms with van der Waals surface area (Å²) in [7, 11) is -3.15. The van der Waals surface area contributed by atoms with Crippen LogP contribution in [0.15, 0.2) is 0 Å². The molecule has 0 aliphatic heterocycles. The molecule has 0 heterocycles. The lowest BCUT2D eigenvalue weighted by molar-refractivity contribution is 0.569. The van der Waals surface area contributed by atoms with Gasteiger partial charge in [0, 0.05) is 6.54 Å². The zero-order chi connectivity index (χ0) is 10.3. The molecule has 1 atom stereocenters. The monoisotopic (exact) mass is 204 g/mol. The molecule has 0 amide bonds. The second-order valence-electron chi connectivity index (χ2n) is 3.05. The molecule has 0 bridgehead atoms. The standard InChI is InChI=1S/C8H16N2O2S/c1-3-4-5-13(11,12)10-7-8(2)6-9/h8,10H,3-5,7H2,1-2H3. The summed E-state index contributed by atoms with van der Waals surface area (Å²) < 4.78 is 24.8. The van der Waals surface area contributed by atoms with E-state index in [9.17, 15) is 8.42 Å². The van der Waals surface area contributed by atoms with Gasteiger partial charge in [-0.15, -0.1) is 0 Å². The van der Waals surface area contributed by atoms with Crippen LogP contribution in [0.25, 0.3) is 0 Å². The van der Waals surface area contributed by atoms with E-state index in [-0.39, 0.29) is 18.2 Å². The maximum absolute atomic E-state index is 11.2. The van der Waals surface area contributed by atoms with Crippen LogP contribution in [0.3, 0.4) is 0 Å². The number of unbranched alkanes of at least 4 members (excludes halogenated alkanes) is 1. The van der Waals surface area contributed by atoms with Crippen LogP contribution < -0.4 is 4.72 Å². The molecular weight excluding hydrogens is 188 g/mol. The fraction of sp³-hybridized carbons (Fsp3) is 0.875. The summed E-state index contributed by atoms with van der Waals surface area (Å²) in [5.74, 6) is -0.113. The van der Waals surface area contributed by atoms with Crippen LogP contribution in [0.2, 0.25) is 0 Å². The van der Waals surface area contributed by atoms with Crippen LogP contribution in [0.5, 0.6) is 0 Å². The van der Waals surface area contributed by atoms with E-state index < -0.39 is 10.0 Å². The van der Waals surface area contributed by atoms with Crippen LogP contribution in [0, 0.1) is 17.2 Å². The van der Waals surface area contributed by atoms with E-state index >= 15 is 0 Å². The molecule has 1 unspecified atom stereocenters. The second kappa shape index (κ2) is 5.95. The first-order valence-corrected chi connectivity index (χ1v) is 6.04. The molecule has 0 radical (unpaired) electrons. The fourth-order valence-electron chi connectivity index (χ4n) is 0.704. The average molecular weight is 204 g/mol. The molecular formula is C8H16N2O2S. The summed E-state index contributed by atoms with van der Waals surface area (Å²) >= 11 is 0. The van der Waals surface area contributed by atoms with Crippen molar-refractivity contribution in [2.24, 2.45) is 5.92 Å². The lowest BCUT2D eigenvalue weighted by atomic mass is 10.2. The molecule has 0 aromatic rings. The Morgan fingerprint density at radius 2 is 2.15 bits per heavy atom. The van der Waals surface area contributed by atoms with Gasteiger partial charge in [-0.3, -0.25) is 0 Å². The van der Waals surface area contributed by atoms with Crippen molar-refractivity contribution in [3.63, 3.8) is 0 Å². The van der Waals surface area contributed by atoms with Gasteiger partial charge < -0.3 is 0 Å². The Morgan fingerprint density at radius 3 is 2.62 bits per heavy atom. The fourth-order valence-corrected chi connectivity index (χ4v) is 2.02. The Balaban J connectivity index is 3.84. The molecule has 0 fully saturated rings. The third kappa shape index (κ3) is 6.55. The predicted octanol–water partition coefficient (Wildman–Crippen LogP) is 0.866. The van der Waals surface area contributed by atoms with E-state index in [4.69, 9.17) is 5.26 Å². The summed E-state index contributed by atoms with van der Waals surface area (Å²) in [6.45, 7) is 3.83. The lowest BCUT2D eigenvalue weighted by Crippen LogP contribution is -2.30. The normalized spacial score (nSPS) is 13.6. The molecule has 4 nitrogen and oxygen atoms in total. The van der Waals surface area contributed by atoms with Crippen LogP contribution >= 0.6 is 0 Å². The molecule has 0 rings (SSSR count). The van der Waals surface area contributed by atoms with Gasteiger partial charge in [-0.25, -0.2) is 13.1 Å². The van der Waals surface area contributed by atoms with Gasteiger partial charge in [0.15, 0.2) is 0 Å². The Labute approximate surface area is 80.0 Å². The highest BCUT2D eigenvalue weighted by Gasteiger charge is 2.10. The summed E-state index contributed by atoms with van der Waals surface area (Å²) in [5, 5.41) is 8.42. The molecule has 0 aliphatic rings. The Kier molecular flexibility index (Phi) is 5.67. The highest BCUT2D eigenvalue weighted by atomic mass is 32.2. The Bertz CT molecular complexity index is 266. The summed E-state index contributed by atoms with van der Waals surface area (Å²) in [6, 6.07) is 1.97. The van der Waals surface area contributed by atoms with Crippen molar-refractivity contribution >= 4 is 10.0 Å². The molecule has 0 aromatic carbocycles. The summed E-state index contributed by atoms with van der Waals surface area (Å²) in [6.07, 6.45) is 1.52. The topological polar surface area (TPSA) is 70.0 Å². The molecule has 0 aromatic heterocycles. The lowest BCUT2D eigenvalue weighted by Gasteiger charge is -2.06. The largest absolute Gasteiger partial charge is 0.214 e. The van der Waals surface area contributed by atoms with Gasteiger partial charge in [0.2, 0.25) is 10.0 Å². The minimum absolute atomic E-state index is 0.154. The maximum atomic E-state index is 11.2. The first kappa shape index (κ1) is 12.4. The van der Waals surface area contributed by atoms with Gasteiger partial charge in [-0.05, 0) is 13.3 Å². The van der Waals surface area contributed by atoms with Crippen molar-refractivity contribution < 1.29 is 8.42 Å². The molecule has 0 aliphatic carbocycles. The Morgan fingerprint density at radius 1 is 1.54 bits per heavy atom. The van der Waals surface area contributed by atoms with E-state index in [1.807, 2.05) is 13.0 Å². The SMILES string of the molecule is CCCCS(=O)(=O)NCC(C)C#N. The average Bonchev–Trinajstić information content (AvgIpc) is 2.11. The molecule has 76 valence electrons. The van der Waals surface area contributed by atoms with Crippen molar-refractivity contribution in [2.45, 2.75) is 26.7 Å². The molecule has 0 saturated heterocycles. The van der Waals surface area contributed by atoms with E-state index in [0.29, 0.717) is 6.42 Å². The second-order valence-corrected chi connectivity index (χ2v) is 4.98. The molecule has 1 N–H and O–H groups in total. The number of sulfonamides is 1. The number of nitrogens with one attached hydrogen (secondary N) is 1. The van der Waals surface area contributed by atoms with Gasteiger partial charge in [0.05, 0.1) is 17.7 Å². The zero-order valence-corrected chi connectivity index (χ0v) is 8.89. The smallest absolute Gasteiger partial charge is 0.211 e. The number of nitrogens with zero attached hydrogens (tertiary/aromatic N) is 1. The number of hydrogen-bond acceptors (Lipinski definition) is 3. The molecule has 5 heteroatoms. The summed E-state index contributed by atoms with van der Waals surface area (Å²) in [5.41, 5.74) is 0. The van der Waals surface area contributed by atoms with Crippen LogP contribution in [0.4, 0.5) is 0 Å². The minimum atomic E-state index is -3.15. The number of hydrogen-bond donors (Lipinski definition) is 1. The van der Waals surface area contributed by atoms with Crippen molar-refractivity contribution in [2.75, 3.05) is 12.3 Å². The van der Waals surface area contributed by atoms with Crippen molar-refractivity contribution in [1.29, 1.82) is 5.26 Å². The van der Waals surface area contributed by atoms with Gasteiger partial charge in [0.25, 0.3) is 0 Å².